The summed E-state index contributed by atoms with van der Waals surface area (Å²) in [5, 5.41) is 12.6. The molecule has 0 aliphatic carbocycles. The largest absolute Gasteiger partial charge is 0.507 e. The Morgan fingerprint density at radius 2 is 2.05 bits per heavy atom. The third kappa shape index (κ3) is 2.93. The molecule has 0 spiro atoms. The van der Waals surface area contributed by atoms with E-state index in [1.54, 1.807) is 31.3 Å². The molecule has 4 nitrogen and oxygen atoms in total. The number of aromatic hydroxyl groups is 1. The highest BCUT2D eigenvalue weighted by Gasteiger charge is 2.14. The first-order valence-corrected chi connectivity index (χ1v) is 6.50. The number of aryl methyl sites for hydroxylation is 2. The fraction of sp³-hybridized carbons (Fsp3) is 0.143. The number of amides is 1. The van der Waals surface area contributed by atoms with Crippen molar-refractivity contribution >= 4 is 27.7 Å². The lowest BCUT2D eigenvalue weighted by Crippen LogP contribution is -2.14. The van der Waals surface area contributed by atoms with Crippen molar-refractivity contribution in [2.24, 2.45) is 0 Å². The topological polar surface area (TPSA) is 62.2 Å². The van der Waals surface area contributed by atoms with Gasteiger partial charge in [0, 0.05) is 10.7 Å². The molecule has 0 radical (unpaired) electrons. The average molecular weight is 321 g/mol. The first kappa shape index (κ1) is 13.5. The van der Waals surface area contributed by atoms with E-state index in [1.807, 2.05) is 13.0 Å². The number of hydrogen-bond donors (Lipinski definition) is 2. The van der Waals surface area contributed by atoms with Crippen LogP contribution in [-0.4, -0.2) is 16.0 Å². The van der Waals surface area contributed by atoms with Crippen molar-refractivity contribution in [3.63, 3.8) is 0 Å². The molecular formula is C14H13BrN2O2. The maximum absolute atomic E-state index is 12.1. The zero-order valence-electron chi connectivity index (χ0n) is 10.6. The predicted molar refractivity (Wildman–Crippen MR) is 77.5 cm³/mol. The number of aromatic nitrogens is 1. The minimum Gasteiger partial charge on any atom is -0.507 e. The summed E-state index contributed by atoms with van der Waals surface area (Å²) in [4.78, 5) is 16.2. The molecule has 2 N–H and O–H groups in total. The molecule has 2 aromatic rings. The summed E-state index contributed by atoms with van der Waals surface area (Å²) >= 11 is 3.31. The van der Waals surface area contributed by atoms with Gasteiger partial charge >= 0.3 is 0 Å². The minimum absolute atomic E-state index is 0.00485. The van der Waals surface area contributed by atoms with Crippen LogP contribution in [0.2, 0.25) is 0 Å². The van der Waals surface area contributed by atoms with Crippen molar-refractivity contribution < 1.29 is 9.90 Å². The van der Waals surface area contributed by atoms with E-state index in [4.69, 9.17) is 0 Å². The van der Waals surface area contributed by atoms with Crippen molar-refractivity contribution in [3.8, 4) is 5.75 Å². The first-order chi connectivity index (χ1) is 8.99. The van der Waals surface area contributed by atoms with Gasteiger partial charge in [0.05, 0.1) is 5.56 Å². The number of rotatable bonds is 2. The SMILES string of the molecule is Cc1cc(Br)cnc1NC(=O)c1cccc(C)c1O. The zero-order chi connectivity index (χ0) is 14.0. The average Bonchev–Trinajstić information content (AvgIpc) is 2.36. The summed E-state index contributed by atoms with van der Waals surface area (Å²) in [5.41, 5.74) is 1.74. The van der Waals surface area contributed by atoms with E-state index in [0.29, 0.717) is 11.4 Å². The fourth-order valence-electron chi connectivity index (χ4n) is 1.69. The Morgan fingerprint density at radius 1 is 1.32 bits per heavy atom. The molecule has 1 aromatic carbocycles. The van der Waals surface area contributed by atoms with Gasteiger partial charge in [-0.3, -0.25) is 4.79 Å². The zero-order valence-corrected chi connectivity index (χ0v) is 12.2. The minimum atomic E-state index is -0.376. The maximum Gasteiger partial charge on any atom is 0.260 e. The molecule has 0 aliphatic rings. The van der Waals surface area contributed by atoms with Gasteiger partial charge in [-0.05, 0) is 53.0 Å². The molecule has 0 saturated heterocycles. The molecule has 0 saturated carbocycles. The number of nitrogens with zero attached hydrogens (tertiary/aromatic N) is 1. The van der Waals surface area contributed by atoms with Gasteiger partial charge in [0.25, 0.3) is 5.91 Å². The number of halogens is 1. The van der Waals surface area contributed by atoms with Crippen LogP contribution in [-0.2, 0) is 0 Å². The second-order valence-corrected chi connectivity index (χ2v) is 5.16. The predicted octanol–water partition coefficient (Wildman–Crippen LogP) is 3.42. The Balaban J connectivity index is 2.28. The lowest BCUT2D eigenvalue weighted by atomic mass is 10.1. The van der Waals surface area contributed by atoms with Gasteiger partial charge in [0.15, 0.2) is 0 Å². The van der Waals surface area contributed by atoms with Gasteiger partial charge in [-0.25, -0.2) is 4.98 Å². The van der Waals surface area contributed by atoms with Gasteiger partial charge in [0.1, 0.15) is 11.6 Å². The number of hydrogen-bond acceptors (Lipinski definition) is 3. The Bertz CT molecular complexity index is 641. The molecule has 19 heavy (non-hydrogen) atoms. The lowest BCUT2D eigenvalue weighted by molar-refractivity contribution is 0.102. The molecule has 1 aromatic heterocycles. The highest BCUT2D eigenvalue weighted by molar-refractivity contribution is 9.10. The molecule has 1 heterocycles. The van der Waals surface area contributed by atoms with Crippen LogP contribution in [0.5, 0.6) is 5.75 Å². The number of phenols is 1. The molecule has 2 rings (SSSR count). The van der Waals surface area contributed by atoms with E-state index in [-0.39, 0.29) is 17.2 Å². The summed E-state index contributed by atoms with van der Waals surface area (Å²) in [6.07, 6.45) is 1.61. The summed E-state index contributed by atoms with van der Waals surface area (Å²) in [5.74, 6) is 0.1000. The third-order valence-electron chi connectivity index (χ3n) is 2.76. The van der Waals surface area contributed by atoms with E-state index in [2.05, 4.69) is 26.2 Å². The molecule has 0 atom stereocenters. The molecule has 5 heteroatoms. The molecule has 0 aliphatic heterocycles. The molecule has 0 bridgehead atoms. The smallest absolute Gasteiger partial charge is 0.260 e. The Morgan fingerprint density at radius 3 is 2.74 bits per heavy atom. The van der Waals surface area contributed by atoms with Gasteiger partial charge in [-0.1, -0.05) is 12.1 Å². The summed E-state index contributed by atoms with van der Waals surface area (Å²) < 4.78 is 0.849. The van der Waals surface area contributed by atoms with Crippen molar-refractivity contribution in [1.29, 1.82) is 0 Å². The van der Waals surface area contributed by atoms with Gasteiger partial charge in [-0.15, -0.1) is 0 Å². The Kier molecular flexibility index (Phi) is 3.85. The highest BCUT2D eigenvalue weighted by Crippen LogP contribution is 2.23. The fourth-order valence-corrected chi connectivity index (χ4v) is 2.13. The molecular weight excluding hydrogens is 308 g/mol. The van der Waals surface area contributed by atoms with Crippen molar-refractivity contribution in [1.82, 2.24) is 4.98 Å². The van der Waals surface area contributed by atoms with E-state index in [0.717, 1.165) is 10.0 Å². The number of pyridine rings is 1. The van der Waals surface area contributed by atoms with E-state index in [9.17, 15) is 9.90 Å². The van der Waals surface area contributed by atoms with Crippen LogP contribution < -0.4 is 5.32 Å². The highest BCUT2D eigenvalue weighted by atomic mass is 79.9. The van der Waals surface area contributed by atoms with Gasteiger partial charge in [-0.2, -0.15) is 0 Å². The number of carbonyl (C=O) groups excluding carboxylic acids is 1. The molecule has 1 amide bonds. The first-order valence-electron chi connectivity index (χ1n) is 5.71. The number of phenolic OH excluding ortho intramolecular Hbond substituents is 1. The van der Waals surface area contributed by atoms with Crippen LogP contribution in [0.1, 0.15) is 21.5 Å². The summed E-state index contributed by atoms with van der Waals surface area (Å²) in [6, 6.07) is 6.91. The number of carbonyl (C=O) groups is 1. The Hall–Kier alpha value is -1.88. The molecule has 0 fully saturated rings. The van der Waals surface area contributed by atoms with Gasteiger partial charge < -0.3 is 10.4 Å². The second-order valence-electron chi connectivity index (χ2n) is 4.24. The number of benzene rings is 1. The van der Waals surface area contributed by atoms with Gasteiger partial charge in [0.2, 0.25) is 0 Å². The number of anilines is 1. The Labute approximate surface area is 119 Å². The summed E-state index contributed by atoms with van der Waals surface area (Å²) in [7, 11) is 0. The standard InChI is InChI=1S/C14H13BrN2O2/c1-8-4-3-5-11(12(8)18)14(19)17-13-9(2)6-10(15)7-16-13/h3-7,18H,1-2H3,(H,16,17,19). The van der Waals surface area contributed by atoms with Crippen LogP contribution >= 0.6 is 15.9 Å². The van der Waals surface area contributed by atoms with Crippen LogP contribution in [0.4, 0.5) is 5.82 Å². The number of para-hydroxylation sites is 1. The second kappa shape index (κ2) is 5.40. The van der Waals surface area contributed by atoms with Crippen LogP contribution in [0.15, 0.2) is 34.9 Å². The van der Waals surface area contributed by atoms with E-state index < -0.39 is 0 Å². The summed E-state index contributed by atoms with van der Waals surface area (Å²) in [6.45, 7) is 3.60. The maximum atomic E-state index is 12.1. The van der Waals surface area contributed by atoms with Crippen molar-refractivity contribution in [2.75, 3.05) is 5.32 Å². The van der Waals surface area contributed by atoms with Crippen LogP contribution in [0.25, 0.3) is 0 Å². The normalized spacial score (nSPS) is 10.3. The monoisotopic (exact) mass is 320 g/mol. The van der Waals surface area contributed by atoms with Crippen molar-refractivity contribution in [3.05, 3.63) is 51.6 Å². The lowest BCUT2D eigenvalue weighted by Gasteiger charge is -2.09. The van der Waals surface area contributed by atoms with E-state index in [1.165, 1.54) is 0 Å². The quantitative estimate of drug-likeness (QED) is 0.891. The van der Waals surface area contributed by atoms with E-state index >= 15 is 0 Å². The molecule has 0 unspecified atom stereocenters. The number of nitrogens with one attached hydrogen (secondary N) is 1. The molecule has 98 valence electrons. The van der Waals surface area contributed by atoms with Crippen LogP contribution in [0.3, 0.4) is 0 Å². The van der Waals surface area contributed by atoms with Crippen molar-refractivity contribution in [2.45, 2.75) is 13.8 Å². The van der Waals surface area contributed by atoms with Crippen LogP contribution in [0, 0.1) is 13.8 Å². The third-order valence-corrected chi connectivity index (χ3v) is 3.19.